The van der Waals surface area contributed by atoms with Crippen molar-refractivity contribution in [3.63, 3.8) is 0 Å². The van der Waals surface area contributed by atoms with Gasteiger partial charge < -0.3 is 14.4 Å². The van der Waals surface area contributed by atoms with Gasteiger partial charge in [-0.3, -0.25) is 19.3 Å². The lowest BCUT2D eigenvalue weighted by atomic mass is 10.1. The fourth-order valence-corrected chi connectivity index (χ4v) is 3.90. The molecule has 2 aliphatic heterocycles. The zero-order valence-electron chi connectivity index (χ0n) is 15.2. The molecular formula is C20H17FN2O5S. The van der Waals surface area contributed by atoms with Gasteiger partial charge in [0.05, 0.1) is 18.7 Å². The van der Waals surface area contributed by atoms with Crippen LogP contribution in [0.3, 0.4) is 0 Å². The minimum absolute atomic E-state index is 0.00560. The van der Waals surface area contributed by atoms with E-state index in [0.717, 1.165) is 28.3 Å². The summed E-state index contributed by atoms with van der Waals surface area (Å²) in [6, 6.07) is 13.0. The second kappa shape index (κ2) is 8.22. The highest BCUT2D eigenvalue weighted by Crippen LogP contribution is 2.30. The maximum atomic E-state index is 13.4. The van der Waals surface area contributed by atoms with Crippen LogP contribution in [0.5, 0.6) is 5.75 Å². The molecule has 0 spiro atoms. The van der Waals surface area contributed by atoms with E-state index in [1.165, 1.54) is 17.0 Å². The topological polar surface area (TPSA) is 76.2 Å². The standard InChI is InChI=1S/C20H17FN2O5S/c21-14-6-7-16-15(10-14)17(24)22(12-28-16)8-9-27-19-18(25)23(20(26)29-19)11-13-4-2-1-3-5-13/h1-7,10,19H,8-9,11-12H2. The Labute approximate surface area is 170 Å². The van der Waals surface area contributed by atoms with Crippen LogP contribution in [-0.4, -0.2) is 52.2 Å². The Balaban J connectivity index is 1.31. The van der Waals surface area contributed by atoms with Crippen LogP contribution in [0, 0.1) is 5.82 Å². The van der Waals surface area contributed by atoms with Crippen molar-refractivity contribution in [2.45, 2.75) is 12.0 Å². The number of hydrogen-bond donors (Lipinski definition) is 0. The smallest absolute Gasteiger partial charge is 0.291 e. The molecule has 29 heavy (non-hydrogen) atoms. The summed E-state index contributed by atoms with van der Waals surface area (Å²) in [6.45, 7) is 0.374. The van der Waals surface area contributed by atoms with Gasteiger partial charge in [-0.2, -0.15) is 0 Å². The molecule has 0 N–H and O–H groups in total. The summed E-state index contributed by atoms with van der Waals surface area (Å²) in [4.78, 5) is 39.6. The van der Waals surface area contributed by atoms with Crippen LogP contribution in [0.2, 0.25) is 0 Å². The van der Waals surface area contributed by atoms with Crippen molar-refractivity contribution in [2.24, 2.45) is 0 Å². The fourth-order valence-electron chi connectivity index (χ4n) is 3.04. The van der Waals surface area contributed by atoms with Gasteiger partial charge in [0.2, 0.25) is 0 Å². The average Bonchev–Trinajstić information content (AvgIpc) is 2.98. The molecule has 0 aliphatic carbocycles. The van der Waals surface area contributed by atoms with Crippen LogP contribution in [0.4, 0.5) is 9.18 Å². The van der Waals surface area contributed by atoms with Crippen molar-refractivity contribution in [2.75, 3.05) is 19.9 Å². The highest BCUT2D eigenvalue weighted by atomic mass is 32.2. The first-order chi connectivity index (χ1) is 14.0. The highest BCUT2D eigenvalue weighted by Gasteiger charge is 2.40. The van der Waals surface area contributed by atoms with Crippen molar-refractivity contribution in [1.82, 2.24) is 9.80 Å². The number of hydrogen-bond acceptors (Lipinski definition) is 6. The minimum Gasteiger partial charge on any atom is -0.472 e. The normalized spacial score (nSPS) is 18.8. The molecule has 0 aromatic heterocycles. The Hall–Kier alpha value is -2.91. The van der Waals surface area contributed by atoms with Crippen LogP contribution >= 0.6 is 11.8 Å². The van der Waals surface area contributed by atoms with Crippen LogP contribution < -0.4 is 4.74 Å². The van der Waals surface area contributed by atoms with Gasteiger partial charge in [-0.1, -0.05) is 30.3 Å². The van der Waals surface area contributed by atoms with Crippen LogP contribution in [0.1, 0.15) is 15.9 Å². The number of carbonyl (C=O) groups excluding carboxylic acids is 3. The molecule has 3 amide bonds. The molecule has 1 unspecified atom stereocenters. The number of imide groups is 1. The van der Waals surface area contributed by atoms with E-state index in [9.17, 15) is 18.8 Å². The van der Waals surface area contributed by atoms with E-state index >= 15 is 0 Å². The predicted molar refractivity (Wildman–Crippen MR) is 103 cm³/mol. The molecule has 1 fully saturated rings. The number of halogens is 1. The lowest BCUT2D eigenvalue weighted by Crippen LogP contribution is -2.41. The SMILES string of the molecule is O=C1c2cc(F)ccc2OCN1CCOC1SC(=O)N(Cc2ccccc2)C1=O. The first-order valence-corrected chi connectivity index (χ1v) is 9.80. The van der Waals surface area contributed by atoms with E-state index in [1.54, 1.807) is 0 Å². The molecule has 2 aromatic rings. The number of rotatable bonds is 6. The lowest BCUT2D eigenvalue weighted by molar-refractivity contribution is -0.134. The minimum atomic E-state index is -0.947. The lowest BCUT2D eigenvalue weighted by Gasteiger charge is -2.28. The number of benzene rings is 2. The molecule has 2 heterocycles. The summed E-state index contributed by atoms with van der Waals surface area (Å²) < 4.78 is 24.4. The maximum absolute atomic E-state index is 13.4. The van der Waals surface area contributed by atoms with Gasteiger partial charge in [0.25, 0.3) is 17.1 Å². The van der Waals surface area contributed by atoms with Crippen molar-refractivity contribution < 1.29 is 28.2 Å². The Bertz CT molecular complexity index is 955. The third kappa shape index (κ3) is 4.10. The summed E-state index contributed by atoms with van der Waals surface area (Å²) in [6.07, 6.45) is 0. The number of fused-ring (bicyclic) bond motifs is 1. The summed E-state index contributed by atoms with van der Waals surface area (Å²) in [5.74, 6) is -0.986. The highest BCUT2D eigenvalue weighted by molar-refractivity contribution is 8.15. The Morgan fingerprint density at radius 1 is 1.14 bits per heavy atom. The summed E-state index contributed by atoms with van der Waals surface area (Å²) in [5.41, 5.74) is 0.0425. The summed E-state index contributed by atoms with van der Waals surface area (Å²) in [5, 5.41) is -0.370. The first-order valence-electron chi connectivity index (χ1n) is 8.92. The van der Waals surface area contributed by atoms with Crippen LogP contribution in [0.25, 0.3) is 0 Å². The van der Waals surface area contributed by atoms with E-state index in [0.29, 0.717) is 5.75 Å². The van der Waals surface area contributed by atoms with Crippen LogP contribution in [-0.2, 0) is 16.1 Å². The molecule has 9 heteroatoms. The number of amides is 3. The molecule has 0 bridgehead atoms. The molecule has 1 atom stereocenters. The Morgan fingerprint density at radius 2 is 1.93 bits per heavy atom. The van der Waals surface area contributed by atoms with Gasteiger partial charge in [0, 0.05) is 6.54 Å². The molecule has 1 saturated heterocycles. The molecule has 4 rings (SSSR count). The molecule has 7 nitrogen and oxygen atoms in total. The maximum Gasteiger partial charge on any atom is 0.291 e. The van der Waals surface area contributed by atoms with Crippen molar-refractivity contribution in [3.05, 3.63) is 65.5 Å². The monoisotopic (exact) mass is 416 g/mol. The molecular weight excluding hydrogens is 399 g/mol. The second-order valence-electron chi connectivity index (χ2n) is 6.48. The van der Waals surface area contributed by atoms with E-state index in [2.05, 4.69) is 0 Å². The second-order valence-corrected chi connectivity index (χ2v) is 7.49. The summed E-state index contributed by atoms with van der Waals surface area (Å²) >= 11 is 0.810. The van der Waals surface area contributed by atoms with Gasteiger partial charge in [0.15, 0.2) is 12.2 Å². The van der Waals surface area contributed by atoms with Crippen molar-refractivity contribution >= 4 is 28.8 Å². The van der Waals surface area contributed by atoms with E-state index in [-0.39, 0.29) is 43.1 Å². The average molecular weight is 416 g/mol. The predicted octanol–water partition coefficient (Wildman–Crippen LogP) is 2.86. The molecule has 0 saturated carbocycles. The number of thioether (sulfide) groups is 1. The molecule has 150 valence electrons. The summed E-state index contributed by atoms with van der Waals surface area (Å²) in [7, 11) is 0. The fraction of sp³-hybridized carbons (Fsp3) is 0.250. The third-order valence-corrected chi connectivity index (χ3v) is 5.52. The quantitative estimate of drug-likeness (QED) is 0.721. The van der Waals surface area contributed by atoms with Gasteiger partial charge in [-0.15, -0.1) is 0 Å². The largest absolute Gasteiger partial charge is 0.472 e. The molecule has 2 aliphatic rings. The number of ether oxygens (including phenoxy) is 2. The van der Waals surface area contributed by atoms with E-state index < -0.39 is 17.2 Å². The Morgan fingerprint density at radius 3 is 2.72 bits per heavy atom. The van der Waals surface area contributed by atoms with E-state index in [1.807, 2.05) is 30.3 Å². The van der Waals surface area contributed by atoms with Crippen molar-refractivity contribution in [3.8, 4) is 5.75 Å². The molecule has 0 radical (unpaired) electrons. The zero-order chi connectivity index (χ0) is 20.4. The number of nitrogens with zero attached hydrogens (tertiary/aromatic N) is 2. The number of carbonyl (C=O) groups is 3. The molecule has 2 aromatic carbocycles. The van der Waals surface area contributed by atoms with Gasteiger partial charge in [-0.25, -0.2) is 4.39 Å². The van der Waals surface area contributed by atoms with Gasteiger partial charge in [0.1, 0.15) is 11.6 Å². The van der Waals surface area contributed by atoms with Crippen molar-refractivity contribution in [1.29, 1.82) is 0 Å². The van der Waals surface area contributed by atoms with Gasteiger partial charge in [-0.05, 0) is 35.5 Å². The first kappa shape index (κ1) is 19.4. The van der Waals surface area contributed by atoms with E-state index in [4.69, 9.17) is 9.47 Å². The van der Waals surface area contributed by atoms with Gasteiger partial charge >= 0.3 is 0 Å². The Kier molecular flexibility index (Phi) is 5.50. The van der Waals surface area contributed by atoms with Crippen LogP contribution in [0.15, 0.2) is 48.5 Å². The third-order valence-electron chi connectivity index (χ3n) is 4.54. The zero-order valence-corrected chi connectivity index (χ0v) is 16.1.